The van der Waals surface area contributed by atoms with Crippen molar-refractivity contribution in [3.05, 3.63) is 119 Å². The van der Waals surface area contributed by atoms with Gasteiger partial charge in [-0.15, -0.1) is 0 Å². The van der Waals surface area contributed by atoms with Crippen molar-refractivity contribution in [3.8, 4) is 22.6 Å². The highest BCUT2D eigenvalue weighted by molar-refractivity contribution is 5.95. The number of rotatable bonds is 14. The molecule has 41 heavy (non-hydrogen) atoms. The van der Waals surface area contributed by atoms with Crippen molar-refractivity contribution in [3.63, 3.8) is 0 Å². The van der Waals surface area contributed by atoms with Crippen LogP contribution in [0.15, 0.2) is 97.1 Å². The van der Waals surface area contributed by atoms with Crippen LogP contribution in [0.1, 0.15) is 41.6 Å². The first kappa shape index (κ1) is 29.8. The number of hydrogen-bond acceptors (Lipinski definition) is 5. The number of hydrogen-bond donors (Lipinski definition) is 4. The number of aliphatic hydroxyl groups is 1. The fraction of sp³-hybridized carbons (Fsp3) is 0.286. The Hall–Kier alpha value is -4.13. The quantitative estimate of drug-likeness (QED) is 0.111. The topological polar surface area (TPSA) is 101 Å². The SMILES string of the molecule is COc1ccc(-c2ccc(C(C)NC(CCc3ccccc3)C(CO)Cc3cccc(C(=N)N)c3)cc2)cc1OC. The van der Waals surface area contributed by atoms with Gasteiger partial charge in [-0.05, 0) is 72.2 Å². The van der Waals surface area contributed by atoms with Gasteiger partial charge in [0.25, 0.3) is 0 Å². The van der Waals surface area contributed by atoms with Crippen LogP contribution in [0.3, 0.4) is 0 Å². The lowest BCUT2D eigenvalue weighted by molar-refractivity contribution is 0.177. The maximum atomic E-state index is 10.5. The molecule has 0 aliphatic carbocycles. The number of aliphatic hydroxyl groups excluding tert-OH is 1. The fourth-order valence-corrected chi connectivity index (χ4v) is 5.32. The molecule has 0 saturated carbocycles. The van der Waals surface area contributed by atoms with E-state index in [0.717, 1.165) is 29.5 Å². The van der Waals surface area contributed by atoms with Crippen LogP contribution in [0.2, 0.25) is 0 Å². The van der Waals surface area contributed by atoms with Crippen LogP contribution in [-0.4, -0.2) is 37.8 Å². The zero-order valence-corrected chi connectivity index (χ0v) is 24.1. The van der Waals surface area contributed by atoms with Gasteiger partial charge >= 0.3 is 0 Å². The van der Waals surface area contributed by atoms with E-state index >= 15 is 0 Å². The molecule has 0 aliphatic rings. The van der Waals surface area contributed by atoms with E-state index in [1.54, 1.807) is 14.2 Å². The van der Waals surface area contributed by atoms with E-state index in [4.69, 9.17) is 20.6 Å². The molecule has 0 aliphatic heterocycles. The summed E-state index contributed by atoms with van der Waals surface area (Å²) >= 11 is 0. The Morgan fingerprint density at radius 3 is 2.17 bits per heavy atom. The minimum Gasteiger partial charge on any atom is -0.493 e. The molecule has 0 heterocycles. The van der Waals surface area contributed by atoms with Gasteiger partial charge in [-0.2, -0.15) is 0 Å². The van der Waals surface area contributed by atoms with Crippen LogP contribution in [-0.2, 0) is 12.8 Å². The molecule has 3 atom stereocenters. The summed E-state index contributed by atoms with van der Waals surface area (Å²) in [7, 11) is 3.28. The summed E-state index contributed by atoms with van der Waals surface area (Å²) < 4.78 is 10.9. The van der Waals surface area contributed by atoms with Crippen LogP contribution in [0.4, 0.5) is 0 Å². The molecular weight excluding hydrogens is 510 g/mol. The zero-order valence-electron chi connectivity index (χ0n) is 24.1. The Morgan fingerprint density at radius 1 is 0.829 bits per heavy atom. The van der Waals surface area contributed by atoms with Gasteiger partial charge in [0.05, 0.1) is 14.2 Å². The monoisotopic (exact) mass is 551 g/mol. The molecule has 0 saturated heterocycles. The first-order valence-corrected chi connectivity index (χ1v) is 14.1. The highest BCUT2D eigenvalue weighted by Gasteiger charge is 2.24. The van der Waals surface area contributed by atoms with E-state index in [1.165, 1.54) is 11.1 Å². The first-order chi connectivity index (χ1) is 19.9. The highest BCUT2D eigenvalue weighted by Crippen LogP contribution is 2.33. The van der Waals surface area contributed by atoms with Gasteiger partial charge < -0.3 is 25.6 Å². The molecular formula is C35H41N3O3. The van der Waals surface area contributed by atoms with Gasteiger partial charge in [0.15, 0.2) is 11.5 Å². The van der Waals surface area contributed by atoms with Gasteiger partial charge in [-0.3, -0.25) is 5.41 Å². The van der Waals surface area contributed by atoms with Crippen molar-refractivity contribution in [1.82, 2.24) is 5.32 Å². The lowest BCUT2D eigenvalue weighted by Crippen LogP contribution is -2.41. The van der Waals surface area contributed by atoms with E-state index in [0.29, 0.717) is 23.5 Å². The Bertz CT molecular complexity index is 1410. The van der Waals surface area contributed by atoms with E-state index in [1.807, 2.05) is 48.5 Å². The predicted octanol–water partition coefficient (Wildman–Crippen LogP) is 6.16. The number of nitrogen functional groups attached to an aromatic ring is 1. The average Bonchev–Trinajstić information content (AvgIpc) is 3.02. The van der Waals surface area contributed by atoms with Gasteiger partial charge in [-0.1, -0.05) is 78.9 Å². The van der Waals surface area contributed by atoms with Crippen LogP contribution in [0.5, 0.6) is 11.5 Å². The second kappa shape index (κ2) is 14.5. The van der Waals surface area contributed by atoms with Gasteiger partial charge in [0.1, 0.15) is 5.84 Å². The van der Waals surface area contributed by atoms with Crippen LogP contribution in [0, 0.1) is 11.3 Å². The maximum Gasteiger partial charge on any atom is 0.161 e. The smallest absolute Gasteiger partial charge is 0.161 e. The van der Waals surface area contributed by atoms with Gasteiger partial charge in [0, 0.05) is 30.2 Å². The van der Waals surface area contributed by atoms with Crippen molar-refractivity contribution < 1.29 is 14.6 Å². The number of nitrogens with one attached hydrogen (secondary N) is 2. The van der Waals surface area contributed by atoms with Gasteiger partial charge in [0.2, 0.25) is 0 Å². The first-order valence-electron chi connectivity index (χ1n) is 14.1. The number of aryl methyl sites for hydroxylation is 1. The van der Waals surface area contributed by atoms with Crippen molar-refractivity contribution in [2.45, 2.75) is 38.3 Å². The molecule has 0 aromatic heterocycles. The molecule has 0 bridgehead atoms. The van der Waals surface area contributed by atoms with Crippen molar-refractivity contribution in [2.24, 2.45) is 11.7 Å². The molecule has 214 valence electrons. The number of ether oxygens (including phenoxy) is 2. The normalized spacial score (nSPS) is 13.3. The van der Waals surface area contributed by atoms with Crippen LogP contribution < -0.4 is 20.5 Å². The molecule has 6 nitrogen and oxygen atoms in total. The summed E-state index contributed by atoms with van der Waals surface area (Å²) in [5, 5.41) is 22.2. The predicted molar refractivity (Wildman–Crippen MR) is 167 cm³/mol. The molecule has 4 aromatic rings. The highest BCUT2D eigenvalue weighted by atomic mass is 16.5. The number of benzene rings is 4. The van der Waals surface area contributed by atoms with Crippen LogP contribution >= 0.6 is 0 Å². The minimum absolute atomic E-state index is 0.00518. The maximum absolute atomic E-state index is 10.5. The average molecular weight is 552 g/mol. The van der Waals surface area contributed by atoms with E-state index < -0.39 is 0 Å². The second-order valence-corrected chi connectivity index (χ2v) is 10.5. The van der Waals surface area contributed by atoms with E-state index in [9.17, 15) is 5.11 Å². The summed E-state index contributed by atoms with van der Waals surface area (Å²) in [5.74, 6) is 1.46. The van der Waals surface area contributed by atoms with Crippen LogP contribution in [0.25, 0.3) is 11.1 Å². The summed E-state index contributed by atoms with van der Waals surface area (Å²) in [6.07, 6.45) is 2.48. The third-order valence-corrected chi connectivity index (χ3v) is 7.72. The lowest BCUT2D eigenvalue weighted by Gasteiger charge is -2.30. The minimum atomic E-state index is -0.00518. The molecule has 4 aromatic carbocycles. The van der Waals surface area contributed by atoms with Crippen molar-refractivity contribution in [2.75, 3.05) is 20.8 Å². The standard InChI is InChI=1S/C35H41N3O3/c1-24(27-13-15-28(16-14-27)29-17-19-33(40-2)34(22-29)41-3)38-32(18-12-25-8-5-4-6-9-25)31(23-39)21-26-10-7-11-30(20-26)35(36)37/h4-11,13-17,19-20,22,24,31-32,38-39H,12,18,21,23H2,1-3H3,(H3,36,37). The molecule has 0 fully saturated rings. The Morgan fingerprint density at radius 2 is 1.51 bits per heavy atom. The Balaban J connectivity index is 1.52. The molecule has 5 N–H and O–H groups in total. The fourth-order valence-electron chi connectivity index (χ4n) is 5.32. The summed E-state index contributed by atoms with van der Waals surface area (Å²) in [5.41, 5.74) is 12.1. The zero-order chi connectivity index (χ0) is 29.2. The molecule has 0 spiro atoms. The molecule has 6 heteroatoms. The van der Waals surface area contributed by atoms with Gasteiger partial charge in [-0.25, -0.2) is 0 Å². The largest absolute Gasteiger partial charge is 0.493 e. The molecule has 4 rings (SSSR count). The van der Waals surface area contributed by atoms with Crippen molar-refractivity contribution >= 4 is 5.84 Å². The Labute approximate surface area is 243 Å². The Kier molecular flexibility index (Phi) is 10.5. The van der Waals surface area contributed by atoms with E-state index in [2.05, 4.69) is 60.8 Å². The lowest BCUT2D eigenvalue weighted by atomic mass is 9.87. The summed E-state index contributed by atoms with van der Waals surface area (Å²) in [6.45, 7) is 2.23. The number of amidine groups is 1. The molecule has 0 amide bonds. The number of methoxy groups -OCH3 is 2. The summed E-state index contributed by atoms with van der Waals surface area (Å²) in [4.78, 5) is 0. The number of nitrogens with two attached hydrogens (primary N) is 1. The third-order valence-electron chi connectivity index (χ3n) is 7.72. The summed E-state index contributed by atoms with van der Waals surface area (Å²) in [6, 6.07) is 32.9. The third kappa shape index (κ3) is 7.97. The van der Waals surface area contributed by atoms with E-state index in [-0.39, 0.29) is 30.4 Å². The molecule has 3 unspecified atom stereocenters. The molecule has 0 radical (unpaired) electrons. The van der Waals surface area contributed by atoms with Crippen molar-refractivity contribution in [1.29, 1.82) is 5.41 Å². The second-order valence-electron chi connectivity index (χ2n) is 10.5.